The predicted octanol–water partition coefficient (Wildman–Crippen LogP) is 2.14. The standard InChI is InChI=1S/C22H31N3O4S/c1-5-29-19(26)13-18-21(28)23-10-11-25(18)22(30)24-20(27)15(4)17-8-6-16(7-9-17)12-14(2)3/h6-9,14-15,18H,5,10-13H2,1-4H3,(H,23,28)(H,24,27,30). The van der Waals surface area contributed by atoms with Crippen LogP contribution >= 0.6 is 12.2 Å². The van der Waals surface area contributed by atoms with Gasteiger partial charge in [-0.2, -0.15) is 0 Å². The van der Waals surface area contributed by atoms with Crippen molar-refractivity contribution in [3.63, 3.8) is 0 Å². The highest BCUT2D eigenvalue weighted by atomic mass is 32.1. The molecule has 2 N–H and O–H groups in total. The Kier molecular flexibility index (Phi) is 8.77. The van der Waals surface area contributed by atoms with E-state index >= 15 is 0 Å². The summed E-state index contributed by atoms with van der Waals surface area (Å²) in [5.41, 5.74) is 2.13. The fraction of sp³-hybridized carbons (Fsp3) is 0.545. The molecule has 0 radical (unpaired) electrons. The Morgan fingerprint density at radius 1 is 1.27 bits per heavy atom. The van der Waals surface area contributed by atoms with Crippen molar-refractivity contribution in [3.05, 3.63) is 35.4 Å². The second kappa shape index (κ2) is 11.1. The molecule has 1 aliphatic rings. The van der Waals surface area contributed by atoms with E-state index in [0.29, 0.717) is 19.0 Å². The molecule has 7 nitrogen and oxygen atoms in total. The van der Waals surface area contributed by atoms with Crippen LogP contribution in [0, 0.1) is 5.92 Å². The van der Waals surface area contributed by atoms with Gasteiger partial charge >= 0.3 is 5.97 Å². The number of carbonyl (C=O) groups is 3. The zero-order chi connectivity index (χ0) is 22.3. The van der Waals surface area contributed by atoms with Crippen molar-refractivity contribution < 1.29 is 19.1 Å². The number of esters is 1. The summed E-state index contributed by atoms with van der Waals surface area (Å²) in [7, 11) is 0. The number of nitrogens with one attached hydrogen (secondary N) is 2. The van der Waals surface area contributed by atoms with Crippen LogP contribution in [0.4, 0.5) is 0 Å². The number of benzene rings is 1. The van der Waals surface area contributed by atoms with Crippen LogP contribution in [0.2, 0.25) is 0 Å². The first-order valence-corrected chi connectivity index (χ1v) is 10.8. The molecule has 0 bridgehead atoms. The minimum absolute atomic E-state index is 0.122. The molecular weight excluding hydrogens is 402 g/mol. The van der Waals surface area contributed by atoms with Crippen LogP contribution in [0.15, 0.2) is 24.3 Å². The van der Waals surface area contributed by atoms with Gasteiger partial charge in [-0.1, -0.05) is 38.1 Å². The summed E-state index contributed by atoms with van der Waals surface area (Å²) in [5, 5.41) is 5.61. The predicted molar refractivity (Wildman–Crippen MR) is 119 cm³/mol. The average Bonchev–Trinajstić information content (AvgIpc) is 2.69. The Morgan fingerprint density at radius 3 is 2.53 bits per heavy atom. The SMILES string of the molecule is CCOC(=O)CC1C(=O)NCCN1C(=S)NC(=O)C(C)c1ccc(CC(C)C)cc1. The fourth-order valence-electron chi connectivity index (χ4n) is 3.39. The third-order valence-electron chi connectivity index (χ3n) is 5.00. The lowest BCUT2D eigenvalue weighted by molar-refractivity contribution is -0.147. The molecule has 0 aliphatic carbocycles. The van der Waals surface area contributed by atoms with Crippen molar-refractivity contribution in [3.8, 4) is 0 Å². The van der Waals surface area contributed by atoms with Crippen LogP contribution in [-0.4, -0.2) is 53.5 Å². The third-order valence-corrected chi connectivity index (χ3v) is 5.34. The topological polar surface area (TPSA) is 87.7 Å². The Hall–Kier alpha value is -2.48. The lowest BCUT2D eigenvalue weighted by atomic mass is 9.96. The maximum Gasteiger partial charge on any atom is 0.308 e. The normalized spacial score (nSPS) is 17.3. The highest BCUT2D eigenvalue weighted by molar-refractivity contribution is 7.80. The van der Waals surface area contributed by atoms with E-state index in [9.17, 15) is 14.4 Å². The van der Waals surface area contributed by atoms with Crippen LogP contribution in [0.5, 0.6) is 0 Å². The molecule has 2 unspecified atom stereocenters. The summed E-state index contributed by atoms with van der Waals surface area (Å²) < 4.78 is 4.96. The number of amides is 2. The molecule has 2 amide bonds. The highest BCUT2D eigenvalue weighted by Gasteiger charge is 2.34. The van der Waals surface area contributed by atoms with E-state index in [0.717, 1.165) is 12.0 Å². The maximum atomic E-state index is 12.8. The quantitative estimate of drug-likeness (QED) is 0.506. The Bertz CT molecular complexity index is 779. The summed E-state index contributed by atoms with van der Waals surface area (Å²) in [4.78, 5) is 38.5. The van der Waals surface area contributed by atoms with Crippen LogP contribution in [0.25, 0.3) is 0 Å². The second-order valence-electron chi connectivity index (χ2n) is 7.87. The van der Waals surface area contributed by atoms with Gasteiger partial charge in [0.25, 0.3) is 0 Å². The first-order valence-electron chi connectivity index (χ1n) is 10.4. The minimum Gasteiger partial charge on any atom is -0.466 e. The van der Waals surface area contributed by atoms with E-state index in [4.69, 9.17) is 17.0 Å². The van der Waals surface area contributed by atoms with Gasteiger partial charge in [0.05, 0.1) is 18.9 Å². The highest BCUT2D eigenvalue weighted by Crippen LogP contribution is 2.18. The zero-order valence-electron chi connectivity index (χ0n) is 18.1. The number of ether oxygens (including phenoxy) is 1. The molecule has 0 saturated carbocycles. The van der Waals surface area contributed by atoms with Gasteiger partial charge in [-0.15, -0.1) is 0 Å². The number of carbonyl (C=O) groups excluding carboxylic acids is 3. The Balaban J connectivity index is 2.02. The van der Waals surface area contributed by atoms with Gasteiger partial charge in [0.2, 0.25) is 11.8 Å². The average molecular weight is 434 g/mol. The van der Waals surface area contributed by atoms with Crippen molar-refractivity contribution in [1.29, 1.82) is 0 Å². The van der Waals surface area contributed by atoms with E-state index in [2.05, 4.69) is 24.5 Å². The Labute approximate surface area is 183 Å². The molecule has 8 heteroatoms. The molecular formula is C22H31N3O4S. The summed E-state index contributed by atoms with van der Waals surface area (Å²) >= 11 is 5.40. The summed E-state index contributed by atoms with van der Waals surface area (Å²) in [6.07, 6.45) is 0.867. The lowest BCUT2D eigenvalue weighted by Crippen LogP contribution is -2.60. The number of hydrogen-bond acceptors (Lipinski definition) is 5. The molecule has 30 heavy (non-hydrogen) atoms. The molecule has 0 spiro atoms. The minimum atomic E-state index is -0.795. The summed E-state index contributed by atoms with van der Waals surface area (Å²) in [6, 6.07) is 7.21. The van der Waals surface area contributed by atoms with Gasteiger partial charge in [0, 0.05) is 13.1 Å². The number of thiocarbonyl (C=S) groups is 1. The van der Waals surface area contributed by atoms with Crippen molar-refractivity contribution in [2.75, 3.05) is 19.7 Å². The lowest BCUT2D eigenvalue weighted by Gasteiger charge is -2.36. The molecule has 1 aromatic rings. The molecule has 0 aromatic heterocycles. The molecule has 1 aromatic carbocycles. The molecule has 1 saturated heterocycles. The van der Waals surface area contributed by atoms with Crippen molar-refractivity contribution in [2.24, 2.45) is 5.92 Å². The van der Waals surface area contributed by atoms with Gasteiger partial charge in [0.15, 0.2) is 5.11 Å². The number of hydrogen-bond donors (Lipinski definition) is 2. The number of rotatable bonds is 7. The van der Waals surface area contributed by atoms with Crippen molar-refractivity contribution >= 4 is 35.1 Å². The molecule has 2 rings (SSSR count). The van der Waals surface area contributed by atoms with Gasteiger partial charge in [-0.25, -0.2) is 0 Å². The third kappa shape index (κ3) is 6.52. The van der Waals surface area contributed by atoms with Gasteiger partial charge in [0.1, 0.15) is 6.04 Å². The molecule has 1 fully saturated rings. The monoisotopic (exact) mass is 433 g/mol. The first kappa shape index (κ1) is 23.8. The first-order chi connectivity index (χ1) is 14.2. The van der Waals surface area contributed by atoms with E-state index in [1.807, 2.05) is 31.2 Å². The molecule has 164 valence electrons. The van der Waals surface area contributed by atoms with Gasteiger partial charge < -0.3 is 20.3 Å². The maximum absolute atomic E-state index is 12.8. The van der Waals surface area contributed by atoms with E-state index in [-0.39, 0.29) is 30.0 Å². The van der Waals surface area contributed by atoms with E-state index in [1.165, 1.54) is 5.56 Å². The van der Waals surface area contributed by atoms with Gasteiger partial charge in [-0.05, 0) is 49.5 Å². The van der Waals surface area contributed by atoms with Crippen LogP contribution in [-0.2, 0) is 25.5 Å². The van der Waals surface area contributed by atoms with Crippen molar-refractivity contribution in [2.45, 2.75) is 52.5 Å². The van der Waals surface area contributed by atoms with Crippen LogP contribution < -0.4 is 10.6 Å². The largest absolute Gasteiger partial charge is 0.466 e. The van der Waals surface area contributed by atoms with Crippen LogP contribution in [0.3, 0.4) is 0 Å². The van der Waals surface area contributed by atoms with Gasteiger partial charge in [-0.3, -0.25) is 14.4 Å². The van der Waals surface area contributed by atoms with E-state index in [1.54, 1.807) is 11.8 Å². The summed E-state index contributed by atoms with van der Waals surface area (Å²) in [5.74, 6) is -0.873. The number of nitrogens with zero attached hydrogens (tertiary/aromatic N) is 1. The smallest absolute Gasteiger partial charge is 0.308 e. The number of piperazine rings is 1. The zero-order valence-corrected chi connectivity index (χ0v) is 18.9. The molecule has 1 heterocycles. The fourth-order valence-corrected chi connectivity index (χ4v) is 3.71. The molecule has 2 atom stereocenters. The Morgan fingerprint density at radius 2 is 1.93 bits per heavy atom. The second-order valence-corrected chi connectivity index (χ2v) is 8.25. The summed E-state index contributed by atoms with van der Waals surface area (Å²) in [6.45, 7) is 8.89. The van der Waals surface area contributed by atoms with Crippen LogP contribution in [0.1, 0.15) is 51.2 Å². The van der Waals surface area contributed by atoms with Crippen molar-refractivity contribution in [1.82, 2.24) is 15.5 Å². The van der Waals surface area contributed by atoms with E-state index < -0.39 is 17.9 Å². The molecule has 1 aliphatic heterocycles.